The molecule has 1 aromatic carbocycles. The maximum absolute atomic E-state index is 5.15. The molecule has 0 N–H and O–H groups in total. The Bertz CT molecular complexity index is 328. The van der Waals surface area contributed by atoms with Crippen molar-refractivity contribution in [1.29, 1.82) is 0 Å². The maximum Gasteiger partial charge on any atom is 0.0747 e. The Kier molecular flexibility index (Phi) is 1.55. The monoisotopic (exact) mass is 161 g/mol. The molecule has 1 heterocycles. The fraction of sp³-hybridized carbons (Fsp3) is 0.111. The number of fused-ring (bicyclic) bond motifs is 1. The average molecular weight is 161 g/mol. The summed E-state index contributed by atoms with van der Waals surface area (Å²) < 4.78 is 0. The average Bonchev–Trinajstić information content (AvgIpc) is 2.06. The predicted molar refractivity (Wildman–Crippen MR) is 50.6 cm³/mol. The Morgan fingerprint density at radius 3 is 2.91 bits per heavy atom. The second-order valence-corrected chi connectivity index (χ2v) is 2.97. The van der Waals surface area contributed by atoms with E-state index < -0.39 is 0 Å². The molecule has 0 aromatic heterocycles. The van der Waals surface area contributed by atoms with Crippen LogP contribution in [0.2, 0.25) is 0 Å². The van der Waals surface area contributed by atoms with E-state index in [4.69, 9.17) is 12.2 Å². The smallest absolute Gasteiger partial charge is 0.0747 e. The summed E-state index contributed by atoms with van der Waals surface area (Å²) in [7, 11) is 0. The minimum atomic E-state index is 0.673. The normalized spacial score (nSPS) is 14.7. The molecule has 1 aliphatic rings. The summed E-state index contributed by atoms with van der Waals surface area (Å²) in [6.07, 6.45) is 1.88. The predicted octanol–water partition coefficient (Wildman–Crippen LogP) is 1.84. The molecule has 0 radical (unpaired) electrons. The summed E-state index contributed by atoms with van der Waals surface area (Å²) >= 11 is 5.15. The molecular formula is C9H7NS. The SMILES string of the molecule is S=C1CN=Cc2ccccc21. The molecule has 1 aliphatic heterocycles. The molecule has 0 saturated heterocycles. The lowest BCUT2D eigenvalue weighted by atomic mass is 10.0. The third-order valence-corrected chi connectivity index (χ3v) is 2.08. The van der Waals surface area contributed by atoms with Crippen LogP contribution < -0.4 is 0 Å². The molecule has 1 aromatic rings. The van der Waals surface area contributed by atoms with Crippen molar-refractivity contribution in [3.8, 4) is 0 Å². The van der Waals surface area contributed by atoms with Gasteiger partial charge in [0, 0.05) is 16.6 Å². The van der Waals surface area contributed by atoms with Gasteiger partial charge in [-0.05, 0) is 5.56 Å². The number of hydrogen-bond donors (Lipinski definition) is 0. The van der Waals surface area contributed by atoms with Crippen LogP contribution in [0, 0.1) is 0 Å². The first-order chi connectivity index (χ1) is 5.38. The summed E-state index contributed by atoms with van der Waals surface area (Å²) in [4.78, 5) is 5.08. The standard InChI is InChI=1S/C9H7NS/c11-9-6-10-5-7-3-1-2-4-8(7)9/h1-5H,6H2. The van der Waals surface area contributed by atoms with Crippen molar-refractivity contribution >= 4 is 23.3 Å². The highest BCUT2D eigenvalue weighted by Crippen LogP contribution is 2.11. The van der Waals surface area contributed by atoms with Crippen LogP contribution in [-0.2, 0) is 0 Å². The lowest BCUT2D eigenvalue weighted by molar-refractivity contribution is 1.30. The number of hydrogen-bond acceptors (Lipinski definition) is 2. The number of nitrogens with zero attached hydrogens (tertiary/aromatic N) is 1. The van der Waals surface area contributed by atoms with Gasteiger partial charge in [0.25, 0.3) is 0 Å². The Balaban J connectivity index is 2.63. The summed E-state index contributed by atoms with van der Waals surface area (Å²) in [5, 5.41) is 0. The van der Waals surface area contributed by atoms with Crippen molar-refractivity contribution in [1.82, 2.24) is 0 Å². The van der Waals surface area contributed by atoms with Crippen LogP contribution >= 0.6 is 12.2 Å². The molecular weight excluding hydrogens is 154 g/mol. The van der Waals surface area contributed by atoms with Crippen LogP contribution in [0.4, 0.5) is 0 Å². The van der Waals surface area contributed by atoms with Crippen LogP contribution in [0.25, 0.3) is 0 Å². The third-order valence-electron chi connectivity index (χ3n) is 1.73. The third kappa shape index (κ3) is 1.10. The van der Waals surface area contributed by atoms with E-state index in [9.17, 15) is 0 Å². The zero-order valence-corrected chi connectivity index (χ0v) is 6.77. The highest BCUT2D eigenvalue weighted by atomic mass is 32.1. The minimum absolute atomic E-state index is 0.673. The highest BCUT2D eigenvalue weighted by Gasteiger charge is 2.07. The zero-order chi connectivity index (χ0) is 7.68. The fourth-order valence-corrected chi connectivity index (χ4v) is 1.44. The molecule has 0 fully saturated rings. The summed E-state index contributed by atoms with van der Waals surface area (Å²) in [6.45, 7) is 0.673. The van der Waals surface area contributed by atoms with Crippen molar-refractivity contribution in [3.05, 3.63) is 35.4 Å². The Labute approximate surface area is 70.8 Å². The fourth-order valence-electron chi connectivity index (χ4n) is 1.18. The topological polar surface area (TPSA) is 12.4 Å². The molecule has 0 atom stereocenters. The van der Waals surface area contributed by atoms with Gasteiger partial charge in [0.1, 0.15) is 0 Å². The van der Waals surface area contributed by atoms with Crippen molar-refractivity contribution in [2.24, 2.45) is 4.99 Å². The second kappa shape index (κ2) is 2.55. The minimum Gasteiger partial charge on any atom is -0.287 e. The molecule has 2 rings (SSSR count). The van der Waals surface area contributed by atoms with Gasteiger partial charge < -0.3 is 0 Å². The molecule has 0 saturated carbocycles. The van der Waals surface area contributed by atoms with E-state index in [1.54, 1.807) is 0 Å². The number of aliphatic imine (C=N–C) groups is 1. The molecule has 54 valence electrons. The van der Waals surface area contributed by atoms with Gasteiger partial charge in [-0.25, -0.2) is 0 Å². The van der Waals surface area contributed by atoms with Gasteiger partial charge in [-0.1, -0.05) is 36.5 Å². The van der Waals surface area contributed by atoms with E-state index in [1.807, 2.05) is 30.5 Å². The largest absolute Gasteiger partial charge is 0.287 e. The van der Waals surface area contributed by atoms with Gasteiger partial charge in [0.15, 0.2) is 0 Å². The Morgan fingerprint density at radius 1 is 1.27 bits per heavy atom. The van der Waals surface area contributed by atoms with Crippen molar-refractivity contribution in [2.75, 3.05) is 6.54 Å². The van der Waals surface area contributed by atoms with Gasteiger partial charge in [0.05, 0.1) is 6.54 Å². The summed E-state index contributed by atoms with van der Waals surface area (Å²) in [6, 6.07) is 8.08. The van der Waals surface area contributed by atoms with E-state index in [1.165, 1.54) is 0 Å². The van der Waals surface area contributed by atoms with E-state index in [0.717, 1.165) is 16.0 Å². The lowest BCUT2D eigenvalue weighted by Crippen LogP contribution is -2.10. The van der Waals surface area contributed by atoms with Crippen LogP contribution in [-0.4, -0.2) is 17.6 Å². The molecule has 0 bridgehead atoms. The van der Waals surface area contributed by atoms with Gasteiger partial charge in [0.2, 0.25) is 0 Å². The lowest BCUT2D eigenvalue weighted by Gasteiger charge is -2.09. The van der Waals surface area contributed by atoms with Crippen LogP contribution in [0.1, 0.15) is 11.1 Å². The quantitative estimate of drug-likeness (QED) is 0.529. The maximum atomic E-state index is 5.15. The molecule has 0 aliphatic carbocycles. The second-order valence-electron chi connectivity index (χ2n) is 2.48. The molecule has 2 heteroatoms. The van der Waals surface area contributed by atoms with Crippen molar-refractivity contribution in [2.45, 2.75) is 0 Å². The van der Waals surface area contributed by atoms with E-state index in [2.05, 4.69) is 4.99 Å². The van der Waals surface area contributed by atoms with Gasteiger partial charge in [-0.15, -0.1) is 0 Å². The zero-order valence-electron chi connectivity index (χ0n) is 5.95. The van der Waals surface area contributed by atoms with Crippen LogP contribution in [0.3, 0.4) is 0 Å². The van der Waals surface area contributed by atoms with Crippen LogP contribution in [0.5, 0.6) is 0 Å². The molecule has 0 unspecified atom stereocenters. The first-order valence-corrected chi connectivity index (χ1v) is 3.91. The van der Waals surface area contributed by atoms with Crippen molar-refractivity contribution < 1.29 is 0 Å². The van der Waals surface area contributed by atoms with Crippen LogP contribution in [0.15, 0.2) is 29.3 Å². The van der Waals surface area contributed by atoms with Crippen molar-refractivity contribution in [3.63, 3.8) is 0 Å². The van der Waals surface area contributed by atoms with E-state index >= 15 is 0 Å². The highest BCUT2D eigenvalue weighted by molar-refractivity contribution is 7.81. The van der Waals surface area contributed by atoms with Gasteiger partial charge in [-0.2, -0.15) is 0 Å². The number of benzene rings is 1. The van der Waals surface area contributed by atoms with E-state index in [-0.39, 0.29) is 0 Å². The molecule has 11 heavy (non-hydrogen) atoms. The Morgan fingerprint density at radius 2 is 2.09 bits per heavy atom. The number of thiocarbonyl (C=S) groups is 1. The molecule has 1 nitrogen and oxygen atoms in total. The van der Waals surface area contributed by atoms with Gasteiger partial charge in [-0.3, -0.25) is 4.99 Å². The first-order valence-electron chi connectivity index (χ1n) is 3.50. The van der Waals surface area contributed by atoms with Gasteiger partial charge >= 0.3 is 0 Å². The first kappa shape index (κ1) is 6.68. The van der Waals surface area contributed by atoms with E-state index in [0.29, 0.717) is 6.54 Å². The molecule has 0 amide bonds. The number of rotatable bonds is 0. The summed E-state index contributed by atoms with van der Waals surface area (Å²) in [5.74, 6) is 0. The summed E-state index contributed by atoms with van der Waals surface area (Å²) in [5.41, 5.74) is 2.31. The molecule has 0 spiro atoms. The Hall–Kier alpha value is -1.02.